The van der Waals surface area contributed by atoms with Crippen molar-refractivity contribution in [3.05, 3.63) is 34.9 Å². The first kappa shape index (κ1) is 10.7. The Morgan fingerprint density at radius 1 is 1.47 bits per heavy atom. The predicted molar refractivity (Wildman–Crippen MR) is 66.7 cm³/mol. The third-order valence-electron chi connectivity index (χ3n) is 3.98. The van der Waals surface area contributed by atoms with Crippen molar-refractivity contribution < 1.29 is 4.79 Å². The van der Waals surface area contributed by atoms with Gasteiger partial charge in [0.05, 0.1) is 0 Å². The average molecular weight is 246 g/mol. The molecule has 3 heteroatoms. The smallest absolute Gasteiger partial charge is 0.298 e. The van der Waals surface area contributed by atoms with E-state index in [4.69, 9.17) is 18.0 Å². The number of terminal acetylenes is 1. The number of amides is 1. The zero-order valence-electron chi connectivity index (χ0n) is 9.32. The quantitative estimate of drug-likeness (QED) is 0.694. The van der Waals surface area contributed by atoms with Crippen molar-refractivity contribution in [2.24, 2.45) is 5.92 Å². The first-order chi connectivity index (χ1) is 8.15. The van der Waals surface area contributed by atoms with Crippen LogP contribution in [-0.4, -0.2) is 23.9 Å². The van der Waals surface area contributed by atoms with Crippen LogP contribution in [0.2, 0.25) is 5.02 Å². The molecule has 2 aliphatic rings. The van der Waals surface area contributed by atoms with Gasteiger partial charge in [-0.2, -0.15) is 0 Å². The normalized spacial score (nSPS) is 29.6. The largest absolute Gasteiger partial charge is 0.331 e. The van der Waals surface area contributed by atoms with Gasteiger partial charge >= 0.3 is 0 Å². The third kappa shape index (κ3) is 1.54. The molecule has 1 heterocycles. The van der Waals surface area contributed by atoms with Crippen molar-refractivity contribution in [3.63, 3.8) is 0 Å². The lowest BCUT2D eigenvalue weighted by molar-refractivity contribution is -0.124. The summed E-state index contributed by atoms with van der Waals surface area (Å²) in [6, 6.07) is 7.94. The predicted octanol–water partition coefficient (Wildman–Crippen LogP) is 2.07. The lowest BCUT2D eigenvalue weighted by Gasteiger charge is -2.19. The first-order valence-corrected chi connectivity index (χ1v) is 6.05. The van der Waals surface area contributed by atoms with Crippen LogP contribution in [0.25, 0.3) is 0 Å². The highest BCUT2D eigenvalue weighted by molar-refractivity contribution is 6.30. The number of hydrogen-bond acceptors (Lipinski definition) is 1. The van der Waals surface area contributed by atoms with Gasteiger partial charge in [-0.25, -0.2) is 0 Å². The fraction of sp³-hybridized carbons (Fsp3) is 0.357. The lowest BCUT2D eigenvalue weighted by Crippen LogP contribution is -2.31. The molecule has 1 saturated carbocycles. The Labute approximate surface area is 106 Å². The molecule has 2 nitrogen and oxygen atoms in total. The molecule has 0 bridgehead atoms. The lowest BCUT2D eigenvalue weighted by atomic mass is 9.95. The average Bonchev–Trinajstić information content (AvgIpc) is 2.92. The van der Waals surface area contributed by atoms with Crippen molar-refractivity contribution in [2.45, 2.75) is 11.8 Å². The second-order valence-electron chi connectivity index (χ2n) is 4.89. The fourth-order valence-corrected chi connectivity index (χ4v) is 3.08. The summed E-state index contributed by atoms with van der Waals surface area (Å²) in [4.78, 5) is 13.3. The minimum absolute atomic E-state index is 0.150. The van der Waals surface area contributed by atoms with Gasteiger partial charge in [0.25, 0.3) is 5.91 Å². The second kappa shape index (κ2) is 3.51. The van der Waals surface area contributed by atoms with Gasteiger partial charge < -0.3 is 4.90 Å². The molecule has 2 fully saturated rings. The van der Waals surface area contributed by atoms with Crippen LogP contribution in [0.3, 0.4) is 0 Å². The molecule has 0 radical (unpaired) electrons. The maximum Gasteiger partial charge on any atom is 0.298 e. The molecule has 17 heavy (non-hydrogen) atoms. The van der Waals surface area contributed by atoms with E-state index in [-0.39, 0.29) is 11.3 Å². The monoisotopic (exact) mass is 245 g/mol. The maximum atomic E-state index is 11.5. The second-order valence-corrected chi connectivity index (χ2v) is 5.33. The molecule has 2 atom stereocenters. The molecule has 1 amide bonds. The Kier molecular flexibility index (Phi) is 2.21. The van der Waals surface area contributed by atoms with Crippen LogP contribution in [0.5, 0.6) is 0 Å². The Bertz CT molecular complexity index is 516. The number of benzene rings is 1. The summed E-state index contributed by atoms with van der Waals surface area (Å²) in [7, 11) is 0. The molecular formula is C14H12ClNO. The van der Waals surface area contributed by atoms with Crippen LogP contribution in [-0.2, 0) is 10.2 Å². The number of fused-ring (bicyclic) bond motifs is 1. The summed E-state index contributed by atoms with van der Waals surface area (Å²) < 4.78 is 0. The molecule has 0 aromatic heterocycles. The van der Waals surface area contributed by atoms with E-state index in [0.29, 0.717) is 5.92 Å². The van der Waals surface area contributed by atoms with Crippen LogP contribution in [0, 0.1) is 18.3 Å². The van der Waals surface area contributed by atoms with E-state index in [9.17, 15) is 4.79 Å². The molecule has 1 aliphatic heterocycles. The first-order valence-electron chi connectivity index (χ1n) is 5.67. The number of piperidine rings is 1. The Morgan fingerprint density at radius 3 is 2.82 bits per heavy atom. The van der Waals surface area contributed by atoms with E-state index in [1.807, 2.05) is 12.1 Å². The Morgan fingerprint density at radius 2 is 2.18 bits per heavy atom. The van der Waals surface area contributed by atoms with Gasteiger partial charge in [-0.3, -0.25) is 4.79 Å². The molecule has 3 rings (SSSR count). The van der Waals surface area contributed by atoms with Crippen LogP contribution in [0.1, 0.15) is 12.0 Å². The standard InChI is InChI=1S/C14H12ClNO/c1-2-13(17)16-8-11-7-14(11,9-16)10-3-5-12(15)6-4-10/h1,3-6,11H,7-9H2. The SMILES string of the molecule is C#CC(=O)N1CC2CC2(c2ccc(Cl)cc2)C1. The van der Waals surface area contributed by atoms with Gasteiger partial charge in [0.2, 0.25) is 0 Å². The molecular weight excluding hydrogens is 234 g/mol. The van der Waals surface area contributed by atoms with E-state index in [1.165, 1.54) is 5.56 Å². The number of hydrogen-bond donors (Lipinski definition) is 0. The highest BCUT2D eigenvalue weighted by Gasteiger charge is 2.61. The highest BCUT2D eigenvalue weighted by atomic mass is 35.5. The third-order valence-corrected chi connectivity index (χ3v) is 4.23. The minimum atomic E-state index is -0.189. The summed E-state index contributed by atoms with van der Waals surface area (Å²) in [6.07, 6.45) is 6.31. The summed E-state index contributed by atoms with van der Waals surface area (Å²) >= 11 is 5.89. The van der Waals surface area contributed by atoms with Gasteiger partial charge in [0.15, 0.2) is 0 Å². The fourth-order valence-electron chi connectivity index (χ4n) is 2.96. The van der Waals surface area contributed by atoms with Crippen molar-refractivity contribution in [3.8, 4) is 12.3 Å². The Balaban J connectivity index is 1.85. The van der Waals surface area contributed by atoms with E-state index in [0.717, 1.165) is 24.5 Å². The van der Waals surface area contributed by atoms with Gasteiger partial charge in [0.1, 0.15) is 0 Å². The summed E-state index contributed by atoms with van der Waals surface area (Å²) in [5, 5.41) is 0.747. The van der Waals surface area contributed by atoms with Gasteiger partial charge in [-0.05, 0) is 36.0 Å². The summed E-state index contributed by atoms with van der Waals surface area (Å²) in [5.74, 6) is 2.57. The van der Waals surface area contributed by atoms with Crippen LogP contribution >= 0.6 is 11.6 Å². The van der Waals surface area contributed by atoms with Gasteiger partial charge in [0, 0.05) is 23.5 Å². The zero-order valence-corrected chi connectivity index (χ0v) is 10.1. The van der Waals surface area contributed by atoms with Gasteiger partial charge in [-0.15, -0.1) is 6.42 Å². The molecule has 1 aromatic rings. The Hall–Kier alpha value is -1.46. The number of rotatable bonds is 1. The number of halogens is 1. The number of nitrogens with zero attached hydrogens (tertiary/aromatic N) is 1. The van der Waals surface area contributed by atoms with Crippen molar-refractivity contribution in [1.82, 2.24) is 4.90 Å². The van der Waals surface area contributed by atoms with E-state index >= 15 is 0 Å². The molecule has 0 N–H and O–H groups in total. The van der Waals surface area contributed by atoms with Crippen molar-refractivity contribution in [1.29, 1.82) is 0 Å². The van der Waals surface area contributed by atoms with E-state index < -0.39 is 0 Å². The van der Waals surface area contributed by atoms with Crippen LogP contribution in [0.15, 0.2) is 24.3 Å². The summed E-state index contributed by atoms with van der Waals surface area (Å²) in [6.45, 7) is 1.55. The molecule has 2 unspecified atom stereocenters. The molecule has 86 valence electrons. The van der Waals surface area contributed by atoms with E-state index in [1.54, 1.807) is 4.90 Å². The zero-order chi connectivity index (χ0) is 12.0. The number of likely N-dealkylation sites (tertiary alicyclic amines) is 1. The van der Waals surface area contributed by atoms with Crippen molar-refractivity contribution in [2.75, 3.05) is 13.1 Å². The van der Waals surface area contributed by atoms with E-state index in [2.05, 4.69) is 18.1 Å². The summed E-state index contributed by atoms with van der Waals surface area (Å²) in [5.41, 5.74) is 1.43. The number of carbonyl (C=O) groups excluding carboxylic acids is 1. The van der Waals surface area contributed by atoms with Gasteiger partial charge in [-0.1, -0.05) is 23.7 Å². The molecule has 1 aromatic carbocycles. The topological polar surface area (TPSA) is 20.3 Å². The maximum absolute atomic E-state index is 11.5. The van der Waals surface area contributed by atoms with Crippen LogP contribution < -0.4 is 0 Å². The molecule has 1 aliphatic carbocycles. The molecule has 1 saturated heterocycles. The number of carbonyl (C=O) groups is 1. The molecule has 0 spiro atoms. The highest BCUT2D eigenvalue weighted by Crippen LogP contribution is 2.58. The van der Waals surface area contributed by atoms with Crippen LogP contribution in [0.4, 0.5) is 0 Å². The van der Waals surface area contributed by atoms with Crippen molar-refractivity contribution >= 4 is 17.5 Å². The minimum Gasteiger partial charge on any atom is -0.331 e.